The van der Waals surface area contributed by atoms with E-state index in [4.69, 9.17) is 9.47 Å². The maximum Gasteiger partial charge on any atom is 0.262 e. The second-order valence-corrected chi connectivity index (χ2v) is 4.49. The van der Waals surface area contributed by atoms with Gasteiger partial charge in [-0.1, -0.05) is 6.07 Å². The zero-order valence-electron chi connectivity index (χ0n) is 10.3. The van der Waals surface area contributed by atoms with Crippen LogP contribution in [0.5, 0.6) is 11.6 Å². The molecule has 0 aliphatic rings. The zero-order valence-corrected chi connectivity index (χ0v) is 11.2. The van der Waals surface area contributed by atoms with E-state index in [1.165, 1.54) is 6.33 Å². The minimum atomic E-state index is 0.455. The van der Waals surface area contributed by atoms with E-state index in [0.717, 1.165) is 11.4 Å². The first-order valence-corrected chi connectivity index (χ1v) is 6.51. The Labute approximate surface area is 110 Å². The molecular weight excluding hydrogens is 250 g/mol. The van der Waals surface area contributed by atoms with Gasteiger partial charge in [0, 0.05) is 11.4 Å². The van der Waals surface area contributed by atoms with Gasteiger partial charge in [-0.25, -0.2) is 4.98 Å². The largest absolute Gasteiger partial charge is 0.489 e. The lowest BCUT2D eigenvalue weighted by Crippen LogP contribution is -2.05. The first-order valence-electron chi connectivity index (χ1n) is 5.63. The van der Waals surface area contributed by atoms with Crippen LogP contribution in [0, 0.1) is 0 Å². The van der Waals surface area contributed by atoms with Crippen molar-refractivity contribution in [3.05, 3.63) is 28.7 Å². The lowest BCUT2D eigenvalue weighted by Gasteiger charge is -2.12. The Kier molecular flexibility index (Phi) is 4.35. The van der Waals surface area contributed by atoms with Crippen LogP contribution in [0.3, 0.4) is 0 Å². The van der Waals surface area contributed by atoms with Crippen molar-refractivity contribution in [2.24, 2.45) is 0 Å². The average Bonchev–Trinajstić information content (AvgIpc) is 2.90. The van der Waals surface area contributed by atoms with Crippen LogP contribution in [0.4, 0.5) is 5.82 Å². The highest BCUT2D eigenvalue weighted by Gasteiger charge is 2.13. The topological polar surface area (TPSA) is 56.3 Å². The maximum absolute atomic E-state index is 5.65. The fourth-order valence-corrected chi connectivity index (χ4v) is 2.09. The molecule has 6 heteroatoms. The standard InChI is InChI=1S/C12H15N3O2S/c1-3-13-11-10(16-2)12(15-8-14-11)17-7-9-5-4-6-18-9/h4-6,8H,3,7H2,1-2H3,(H,13,14,15). The van der Waals surface area contributed by atoms with E-state index in [0.29, 0.717) is 24.1 Å². The van der Waals surface area contributed by atoms with Gasteiger partial charge in [0.15, 0.2) is 5.82 Å². The zero-order chi connectivity index (χ0) is 12.8. The first kappa shape index (κ1) is 12.6. The Morgan fingerprint density at radius 2 is 2.28 bits per heavy atom. The summed E-state index contributed by atoms with van der Waals surface area (Å²) in [6, 6.07) is 4.01. The molecular formula is C12H15N3O2S. The molecule has 0 aliphatic heterocycles. The van der Waals surface area contributed by atoms with Crippen molar-refractivity contribution in [1.82, 2.24) is 9.97 Å². The molecule has 2 rings (SSSR count). The highest BCUT2D eigenvalue weighted by molar-refractivity contribution is 7.09. The van der Waals surface area contributed by atoms with Crippen LogP contribution in [-0.4, -0.2) is 23.6 Å². The van der Waals surface area contributed by atoms with Gasteiger partial charge in [0.25, 0.3) is 5.88 Å². The molecule has 0 saturated heterocycles. The molecule has 18 heavy (non-hydrogen) atoms. The number of nitrogens with zero attached hydrogens (tertiary/aromatic N) is 2. The van der Waals surface area contributed by atoms with Crippen molar-refractivity contribution < 1.29 is 9.47 Å². The van der Waals surface area contributed by atoms with Gasteiger partial charge in [0.05, 0.1) is 7.11 Å². The second-order valence-electron chi connectivity index (χ2n) is 3.46. The molecule has 0 aliphatic carbocycles. The number of nitrogens with one attached hydrogen (secondary N) is 1. The lowest BCUT2D eigenvalue weighted by molar-refractivity contribution is 0.274. The third-order valence-corrected chi connectivity index (χ3v) is 3.10. The normalized spacial score (nSPS) is 10.1. The second kappa shape index (κ2) is 6.20. The monoisotopic (exact) mass is 265 g/mol. The Balaban J connectivity index is 2.13. The number of aromatic nitrogens is 2. The van der Waals surface area contributed by atoms with Crippen LogP contribution in [0.2, 0.25) is 0 Å². The van der Waals surface area contributed by atoms with Gasteiger partial charge in [0.1, 0.15) is 12.9 Å². The Morgan fingerprint density at radius 1 is 1.39 bits per heavy atom. The Hall–Kier alpha value is -1.82. The molecule has 0 spiro atoms. The summed E-state index contributed by atoms with van der Waals surface area (Å²) in [7, 11) is 1.58. The van der Waals surface area contributed by atoms with E-state index in [9.17, 15) is 0 Å². The summed E-state index contributed by atoms with van der Waals surface area (Å²) in [5, 5.41) is 5.12. The molecule has 0 aromatic carbocycles. The van der Waals surface area contributed by atoms with Gasteiger partial charge in [0.2, 0.25) is 5.75 Å². The lowest BCUT2D eigenvalue weighted by atomic mass is 10.4. The van der Waals surface area contributed by atoms with Crippen LogP contribution in [-0.2, 0) is 6.61 Å². The number of anilines is 1. The van der Waals surface area contributed by atoms with Gasteiger partial charge in [-0.2, -0.15) is 4.98 Å². The average molecular weight is 265 g/mol. The van der Waals surface area contributed by atoms with Crippen LogP contribution in [0.15, 0.2) is 23.8 Å². The number of hydrogen-bond donors (Lipinski definition) is 1. The summed E-state index contributed by atoms with van der Waals surface area (Å²) in [5.41, 5.74) is 0. The molecule has 2 aromatic heterocycles. The van der Waals surface area contributed by atoms with Crippen molar-refractivity contribution in [3.63, 3.8) is 0 Å². The third-order valence-electron chi connectivity index (χ3n) is 2.25. The van der Waals surface area contributed by atoms with Gasteiger partial charge in [-0.3, -0.25) is 0 Å². The van der Waals surface area contributed by atoms with E-state index in [1.807, 2.05) is 24.4 Å². The Morgan fingerprint density at radius 3 is 2.94 bits per heavy atom. The molecule has 2 aromatic rings. The van der Waals surface area contributed by atoms with Crippen LogP contribution in [0.25, 0.3) is 0 Å². The van der Waals surface area contributed by atoms with Gasteiger partial charge < -0.3 is 14.8 Å². The summed E-state index contributed by atoms with van der Waals surface area (Å²) in [5.74, 6) is 1.64. The first-order chi connectivity index (χ1) is 8.85. The molecule has 0 amide bonds. The van der Waals surface area contributed by atoms with Crippen molar-refractivity contribution >= 4 is 17.2 Å². The van der Waals surface area contributed by atoms with Crippen LogP contribution in [0.1, 0.15) is 11.8 Å². The van der Waals surface area contributed by atoms with E-state index in [-0.39, 0.29) is 0 Å². The predicted octanol–water partition coefficient (Wildman–Crippen LogP) is 2.56. The molecule has 2 heterocycles. The molecule has 5 nitrogen and oxygen atoms in total. The minimum Gasteiger partial charge on any atom is -0.489 e. The summed E-state index contributed by atoms with van der Waals surface area (Å²) >= 11 is 1.65. The van der Waals surface area contributed by atoms with Crippen molar-refractivity contribution in [2.45, 2.75) is 13.5 Å². The van der Waals surface area contributed by atoms with E-state index in [1.54, 1.807) is 18.4 Å². The summed E-state index contributed by atoms with van der Waals surface area (Å²) in [4.78, 5) is 9.36. The summed E-state index contributed by atoms with van der Waals surface area (Å²) in [6.07, 6.45) is 1.46. The fourth-order valence-electron chi connectivity index (χ4n) is 1.47. The van der Waals surface area contributed by atoms with Crippen LogP contribution < -0.4 is 14.8 Å². The highest BCUT2D eigenvalue weighted by Crippen LogP contribution is 2.31. The van der Waals surface area contributed by atoms with E-state index >= 15 is 0 Å². The van der Waals surface area contributed by atoms with E-state index in [2.05, 4.69) is 15.3 Å². The SMILES string of the molecule is CCNc1ncnc(OCc2cccs2)c1OC. The quantitative estimate of drug-likeness (QED) is 0.870. The predicted molar refractivity (Wildman–Crippen MR) is 71.4 cm³/mol. The smallest absolute Gasteiger partial charge is 0.262 e. The number of ether oxygens (including phenoxy) is 2. The van der Waals surface area contributed by atoms with Crippen molar-refractivity contribution in [3.8, 4) is 11.6 Å². The minimum absolute atomic E-state index is 0.455. The summed E-state index contributed by atoms with van der Waals surface area (Å²) < 4.78 is 10.9. The number of thiophene rings is 1. The molecule has 0 atom stereocenters. The fraction of sp³-hybridized carbons (Fsp3) is 0.333. The van der Waals surface area contributed by atoms with Gasteiger partial charge in [-0.05, 0) is 18.4 Å². The molecule has 1 N–H and O–H groups in total. The van der Waals surface area contributed by atoms with Crippen LogP contribution >= 0.6 is 11.3 Å². The van der Waals surface area contributed by atoms with Gasteiger partial charge >= 0.3 is 0 Å². The van der Waals surface area contributed by atoms with Gasteiger partial charge in [-0.15, -0.1) is 11.3 Å². The Bertz CT molecular complexity index is 488. The third kappa shape index (κ3) is 2.89. The molecule has 0 radical (unpaired) electrons. The molecule has 96 valence electrons. The molecule has 0 unspecified atom stereocenters. The van der Waals surface area contributed by atoms with E-state index < -0.39 is 0 Å². The number of rotatable bonds is 6. The molecule has 0 saturated carbocycles. The highest BCUT2D eigenvalue weighted by atomic mass is 32.1. The number of methoxy groups -OCH3 is 1. The maximum atomic E-state index is 5.65. The molecule has 0 fully saturated rings. The summed E-state index contributed by atoms with van der Waals surface area (Å²) in [6.45, 7) is 3.24. The molecule has 0 bridgehead atoms. The number of hydrogen-bond acceptors (Lipinski definition) is 6. The van der Waals surface area contributed by atoms with Crippen molar-refractivity contribution in [2.75, 3.05) is 19.0 Å². The van der Waals surface area contributed by atoms with Crippen molar-refractivity contribution in [1.29, 1.82) is 0 Å².